The van der Waals surface area contributed by atoms with Crippen LogP contribution in [0.15, 0.2) is 152 Å². The molecule has 5 rings (SSSR count). The van der Waals surface area contributed by atoms with Gasteiger partial charge in [0.2, 0.25) is 29.5 Å². The van der Waals surface area contributed by atoms with E-state index < -0.39 is 114 Å². The van der Waals surface area contributed by atoms with E-state index >= 15 is 0 Å². The molecule has 0 aliphatic rings. The van der Waals surface area contributed by atoms with Crippen molar-refractivity contribution in [3.05, 3.63) is 179 Å². The molecule has 23 heteroatoms. The van der Waals surface area contributed by atoms with Crippen molar-refractivity contribution in [2.45, 2.75) is 145 Å². The van der Waals surface area contributed by atoms with Crippen molar-refractivity contribution in [3.63, 3.8) is 0 Å². The summed E-state index contributed by atoms with van der Waals surface area (Å²) in [5.41, 5.74) is 4.35. The molecular weight excluding hydrogens is 1250 g/mol. The highest BCUT2D eigenvalue weighted by molar-refractivity contribution is 8.01. The van der Waals surface area contributed by atoms with E-state index in [1.165, 1.54) is 11.8 Å². The summed E-state index contributed by atoms with van der Waals surface area (Å²) in [7, 11) is 0. The second-order valence-corrected chi connectivity index (χ2v) is 24.9. The largest absolute Gasteiger partial charge is 0.481 e. The summed E-state index contributed by atoms with van der Waals surface area (Å²) in [6.45, 7) is -0.638. The lowest BCUT2D eigenvalue weighted by Gasteiger charge is -2.35. The Kier molecular flexibility index (Phi) is 35.0. The fourth-order valence-electron chi connectivity index (χ4n) is 10.9. The molecule has 0 heterocycles. The number of rotatable bonds is 48. The summed E-state index contributed by atoms with van der Waals surface area (Å²) >= 11 is 1.41. The number of carboxylic acids is 3. The lowest BCUT2D eigenvalue weighted by molar-refractivity contribution is -0.144. The van der Waals surface area contributed by atoms with Gasteiger partial charge >= 0.3 is 23.9 Å². The normalized spacial score (nSPS) is 12.3. The van der Waals surface area contributed by atoms with Gasteiger partial charge in [0.1, 0.15) is 11.8 Å². The molecule has 0 radical (unpaired) electrons. The van der Waals surface area contributed by atoms with Gasteiger partial charge in [-0.2, -0.15) is 0 Å². The minimum Gasteiger partial charge on any atom is -0.481 e. The monoisotopic (exact) mass is 1340 g/mol. The molecule has 0 bridgehead atoms. The van der Waals surface area contributed by atoms with Gasteiger partial charge in [-0.3, -0.25) is 47.9 Å². The molecule has 10 N–H and O–H groups in total. The van der Waals surface area contributed by atoms with Crippen molar-refractivity contribution in [1.29, 1.82) is 0 Å². The predicted molar refractivity (Wildman–Crippen MR) is 364 cm³/mol. The van der Waals surface area contributed by atoms with Crippen LogP contribution in [0.5, 0.6) is 0 Å². The molecule has 0 spiro atoms. The van der Waals surface area contributed by atoms with E-state index in [-0.39, 0.29) is 62.5 Å². The molecule has 0 saturated heterocycles. The highest BCUT2D eigenvalue weighted by Gasteiger charge is 2.38. The number of nitrogens with one attached hydrogen (secondary N) is 7. The standard InChI is InChI=1S/C73H91N7O15S/c81-59(37-21-1-2-23-39-64(84)74-42-24-9-25-43-75-72(95)80-61(71(93)94)40-41-68(88)89)38-22-5-14-30-54(70(91)92)47-63(83)62(45-53-28-12-4-13-29-53)79-69(90)55(44-52-26-10-3-11-27-52)46-60(82)48-76-65(85)49-77-66(86)50-78-67(87)51-96-73(56-31-15-6-16-32-56,57-33-17-7-18-34-57)58-35-19-8-20-36-58/h3-4,6-8,10-13,15-20,26-29,31-36,54-55,61-62H,1-2,5,9,14,21-25,30,37-51H2,(H,74,84)(H,76,85)(H,77,86)(H,78,87)(H,79,90)(H,88,89)(H,91,92)(H,93,94)(H2,75,80,95)/t54?,55?,61-,62?/m0/s1. The maximum absolute atomic E-state index is 14.3. The Balaban J connectivity index is 1.00. The Morgan fingerprint density at radius 3 is 1.38 bits per heavy atom. The number of hydrogen-bond donors (Lipinski definition) is 10. The van der Waals surface area contributed by atoms with Crippen molar-refractivity contribution < 1.29 is 72.9 Å². The molecule has 0 aliphatic carbocycles. The van der Waals surface area contributed by atoms with Crippen LogP contribution >= 0.6 is 11.8 Å². The average Bonchev–Trinajstić information content (AvgIpc) is 0.764. The van der Waals surface area contributed by atoms with E-state index in [0.29, 0.717) is 82.7 Å². The maximum atomic E-state index is 14.3. The van der Waals surface area contributed by atoms with Gasteiger partial charge in [0, 0.05) is 57.5 Å². The molecule has 0 aromatic heterocycles. The van der Waals surface area contributed by atoms with Crippen LogP contribution in [0.3, 0.4) is 0 Å². The Hall–Kier alpha value is -9.51. The number of hydrogen-bond acceptors (Lipinski definition) is 13. The lowest BCUT2D eigenvalue weighted by atomic mass is 9.84. The number of benzene rings is 5. The number of urea groups is 1. The summed E-state index contributed by atoms with van der Waals surface area (Å²) in [5, 5.41) is 46.3. The van der Waals surface area contributed by atoms with Gasteiger partial charge in [0.15, 0.2) is 11.6 Å². The average molecular weight is 1340 g/mol. The smallest absolute Gasteiger partial charge is 0.326 e. The fraction of sp³-hybridized carbons (Fsp3) is 0.425. The quantitative estimate of drug-likeness (QED) is 0.0130. The summed E-state index contributed by atoms with van der Waals surface area (Å²) in [4.78, 5) is 153. The number of thioether (sulfide) groups is 1. The molecule has 5 aromatic carbocycles. The van der Waals surface area contributed by atoms with Crippen LogP contribution in [0.25, 0.3) is 0 Å². The van der Waals surface area contributed by atoms with Crippen molar-refractivity contribution in [3.8, 4) is 0 Å². The van der Waals surface area contributed by atoms with E-state index in [0.717, 1.165) is 35.1 Å². The first kappa shape index (κ1) is 77.2. The van der Waals surface area contributed by atoms with Crippen molar-refractivity contribution in [2.75, 3.05) is 38.5 Å². The van der Waals surface area contributed by atoms with Gasteiger partial charge in [-0.05, 0) is 92.0 Å². The zero-order chi connectivity index (χ0) is 69.3. The van der Waals surface area contributed by atoms with Crippen LogP contribution in [0.2, 0.25) is 0 Å². The van der Waals surface area contributed by atoms with Gasteiger partial charge < -0.3 is 52.5 Å². The number of ketones is 3. The number of carbonyl (C=O) groups is 12. The van der Waals surface area contributed by atoms with Gasteiger partial charge in [-0.1, -0.05) is 177 Å². The molecule has 7 amide bonds. The number of carbonyl (C=O) groups excluding carboxylic acids is 9. The first-order chi connectivity index (χ1) is 46.3. The summed E-state index contributed by atoms with van der Waals surface area (Å²) in [6, 6.07) is 44.3. The first-order valence-electron chi connectivity index (χ1n) is 32.9. The Bertz CT molecular complexity index is 3190. The third-order valence-corrected chi connectivity index (χ3v) is 17.7. The van der Waals surface area contributed by atoms with E-state index in [2.05, 4.69) is 37.2 Å². The van der Waals surface area contributed by atoms with Crippen LogP contribution in [0, 0.1) is 11.8 Å². The molecule has 0 saturated carbocycles. The first-order valence-corrected chi connectivity index (χ1v) is 33.8. The highest BCUT2D eigenvalue weighted by Crippen LogP contribution is 2.48. The predicted octanol–water partition coefficient (Wildman–Crippen LogP) is 8.03. The van der Waals surface area contributed by atoms with Crippen molar-refractivity contribution in [1.82, 2.24) is 37.2 Å². The molecule has 4 atom stereocenters. The minimum absolute atomic E-state index is 0.00827. The maximum Gasteiger partial charge on any atom is 0.326 e. The van der Waals surface area contributed by atoms with E-state index in [1.54, 1.807) is 60.7 Å². The van der Waals surface area contributed by atoms with Crippen molar-refractivity contribution in [2.24, 2.45) is 11.8 Å². The molecule has 96 heavy (non-hydrogen) atoms. The van der Waals surface area contributed by atoms with Gasteiger partial charge in [0.05, 0.1) is 42.1 Å². The molecule has 3 unspecified atom stereocenters. The van der Waals surface area contributed by atoms with Crippen LogP contribution in [-0.4, -0.2) is 137 Å². The van der Waals surface area contributed by atoms with E-state index in [4.69, 9.17) is 5.11 Å². The van der Waals surface area contributed by atoms with E-state index in [9.17, 15) is 67.7 Å². The number of amides is 7. The third kappa shape index (κ3) is 29.4. The molecule has 5 aromatic rings. The molecule has 514 valence electrons. The zero-order valence-electron chi connectivity index (χ0n) is 54.3. The second kappa shape index (κ2) is 43.5. The van der Waals surface area contributed by atoms with E-state index in [1.807, 2.05) is 91.0 Å². The molecule has 22 nitrogen and oxygen atoms in total. The summed E-state index contributed by atoms with van der Waals surface area (Å²) in [6.07, 6.45) is 6.49. The highest BCUT2D eigenvalue weighted by atomic mass is 32.2. The minimum atomic E-state index is -1.32. The molecule has 0 fully saturated rings. The molecule has 0 aliphatic heterocycles. The third-order valence-electron chi connectivity index (χ3n) is 16.1. The van der Waals surface area contributed by atoms with Crippen LogP contribution < -0.4 is 37.2 Å². The SMILES string of the molecule is O=C(O)CC[C@H](NC(=O)NCCCCCNC(=O)CCCCCCC(=O)CCCCCC(CC(=O)C(Cc1ccccc1)NC(=O)C(CC(=O)CNC(=O)CNC(=O)CNC(=O)CSC(c1ccccc1)(c1ccccc1)c1ccccc1)Cc1ccccc1)C(=O)O)C(=O)O. The number of unbranched alkanes of at least 4 members (excludes halogenated alkanes) is 7. The van der Waals surface area contributed by atoms with Crippen LogP contribution in [-0.2, 0) is 70.3 Å². The van der Waals surface area contributed by atoms with Gasteiger partial charge in [-0.25, -0.2) is 9.59 Å². The second-order valence-electron chi connectivity index (χ2n) is 23.7. The lowest BCUT2D eigenvalue weighted by Crippen LogP contribution is -2.47. The van der Waals surface area contributed by atoms with Gasteiger partial charge in [-0.15, -0.1) is 11.8 Å². The van der Waals surface area contributed by atoms with Crippen LogP contribution in [0.4, 0.5) is 4.79 Å². The topological polar surface area (TPSA) is 350 Å². The Labute approximate surface area is 565 Å². The zero-order valence-corrected chi connectivity index (χ0v) is 55.1. The number of aliphatic carboxylic acids is 3. The fourth-order valence-corrected chi connectivity index (χ4v) is 12.3. The number of Topliss-reactive ketones (excluding diaryl/α,β-unsaturated/α-hetero) is 3. The summed E-state index contributed by atoms with van der Waals surface area (Å²) in [5.74, 6) is -9.04. The Morgan fingerprint density at radius 2 is 0.854 bits per heavy atom. The van der Waals surface area contributed by atoms with Crippen molar-refractivity contribution >= 4 is 82.6 Å². The Morgan fingerprint density at radius 1 is 0.385 bits per heavy atom. The van der Waals surface area contributed by atoms with Gasteiger partial charge in [0.25, 0.3) is 0 Å². The van der Waals surface area contributed by atoms with Crippen LogP contribution in [0.1, 0.15) is 143 Å². The molecular formula is C73H91N7O15S. The number of carboxylic acid groups (broad SMARTS) is 3. The summed E-state index contributed by atoms with van der Waals surface area (Å²) < 4.78 is -0.758.